The number of benzene rings is 1. The Morgan fingerprint density at radius 1 is 1.33 bits per heavy atom. The lowest BCUT2D eigenvalue weighted by Gasteiger charge is -2.14. The summed E-state index contributed by atoms with van der Waals surface area (Å²) < 4.78 is 0. The smallest absolute Gasteiger partial charge is 0.247 e. The lowest BCUT2D eigenvalue weighted by molar-refractivity contribution is -0.121. The van der Waals surface area contributed by atoms with Gasteiger partial charge in [0.15, 0.2) is 0 Å². The van der Waals surface area contributed by atoms with Crippen molar-refractivity contribution in [2.24, 2.45) is 5.73 Å². The van der Waals surface area contributed by atoms with Crippen molar-refractivity contribution in [2.75, 3.05) is 17.2 Å². The van der Waals surface area contributed by atoms with Gasteiger partial charge in [-0.15, -0.1) is 11.8 Å². The van der Waals surface area contributed by atoms with Crippen LogP contribution in [0.4, 0.5) is 5.69 Å². The van der Waals surface area contributed by atoms with E-state index in [9.17, 15) is 14.7 Å². The van der Waals surface area contributed by atoms with Crippen LogP contribution in [-0.2, 0) is 9.59 Å². The molecule has 0 saturated carbocycles. The SMILES string of the molecule is NCCSC1CC(=O)N(c2ccc(O)cc2)C1=O. The lowest BCUT2D eigenvalue weighted by atomic mass is 10.3. The summed E-state index contributed by atoms with van der Waals surface area (Å²) in [4.78, 5) is 25.1. The zero-order valence-corrected chi connectivity index (χ0v) is 10.5. The van der Waals surface area contributed by atoms with Gasteiger partial charge in [0.2, 0.25) is 11.8 Å². The van der Waals surface area contributed by atoms with Gasteiger partial charge in [-0.1, -0.05) is 0 Å². The van der Waals surface area contributed by atoms with Crippen molar-refractivity contribution in [1.82, 2.24) is 0 Å². The number of hydrogen-bond donors (Lipinski definition) is 2. The molecule has 2 amide bonds. The van der Waals surface area contributed by atoms with Gasteiger partial charge in [-0.2, -0.15) is 0 Å². The van der Waals surface area contributed by atoms with Crippen molar-refractivity contribution in [3.63, 3.8) is 0 Å². The summed E-state index contributed by atoms with van der Waals surface area (Å²) in [5.74, 6) is 0.351. The molecule has 1 heterocycles. The van der Waals surface area contributed by atoms with Crippen LogP contribution in [0.5, 0.6) is 5.75 Å². The fourth-order valence-corrected chi connectivity index (χ4v) is 2.75. The number of carbonyl (C=O) groups excluding carboxylic acids is 2. The van der Waals surface area contributed by atoms with Gasteiger partial charge in [0.1, 0.15) is 5.75 Å². The third-order valence-electron chi connectivity index (χ3n) is 2.65. The summed E-state index contributed by atoms with van der Waals surface area (Å²) in [7, 11) is 0. The quantitative estimate of drug-likeness (QED) is 0.784. The number of hydrogen-bond acceptors (Lipinski definition) is 5. The number of nitrogens with zero attached hydrogens (tertiary/aromatic N) is 1. The first-order valence-electron chi connectivity index (χ1n) is 5.61. The predicted octanol–water partition coefficient (Wildman–Crippen LogP) is 0.716. The molecule has 3 N–H and O–H groups in total. The molecule has 0 bridgehead atoms. The fourth-order valence-electron chi connectivity index (χ4n) is 1.82. The summed E-state index contributed by atoms with van der Waals surface area (Å²) in [5.41, 5.74) is 5.89. The van der Waals surface area contributed by atoms with Gasteiger partial charge in [0, 0.05) is 18.7 Å². The number of nitrogens with two attached hydrogens (primary N) is 1. The Balaban J connectivity index is 2.16. The molecule has 1 aromatic carbocycles. The molecule has 1 atom stereocenters. The molecular formula is C12H14N2O3S. The predicted molar refractivity (Wildman–Crippen MR) is 70.5 cm³/mol. The van der Waals surface area contributed by atoms with Gasteiger partial charge < -0.3 is 10.8 Å². The molecule has 96 valence electrons. The fraction of sp³-hybridized carbons (Fsp3) is 0.333. The first kappa shape index (κ1) is 12.9. The molecule has 0 spiro atoms. The third-order valence-corrected chi connectivity index (χ3v) is 3.89. The van der Waals surface area contributed by atoms with E-state index >= 15 is 0 Å². The largest absolute Gasteiger partial charge is 0.508 e. The van der Waals surface area contributed by atoms with Crippen LogP contribution in [0.15, 0.2) is 24.3 Å². The third kappa shape index (κ3) is 2.49. The van der Waals surface area contributed by atoms with Crippen molar-refractivity contribution in [3.05, 3.63) is 24.3 Å². The molecule has 0 aliphatic carbocycles. The van der Waals surface area contributed by atoms with Gasteiger partial charge >= 0.3 is 0 Å². The minimum absolute atomic E-state index is 0.104. The molecule has 18 heavy (non-hydrogen) atoms. The van der Waals surface area contributed by atoms with Crippen molar-refractivity contribution >= 4 is 29.3 Å². The van der Waals surface area contributed by atoms with E-state index in [1.54, 1.807) is 12.1 Å². The molecule has 0 radical (unpaired) electrons. The summed E-state index contributed by atoms with van der Waals surface area (Å²) in [6.45, 7) is 0.488. The van der Waals surface area contributed by atoms with E-state index in [1.165, 1.54) is 28.8 Å². The van der Waals surface area contributed by atoms with E-state index in [-0.39, 0.29) is 29.2 Å². The topological polar surface area (TPSA) is 83.6 Å². The number of thioether (sulfide) groups is 1. The van der Waals surface area contributed by atoms with Crippen molar-refractivity contribution in [1.29, 1.82) is 0 Å². The van der Waals surface area contributed by atoms with E-state index in [0.29, 0.717) is 18.0 Å². The zero-order valence-electron chi connectivity index (χ0n) is 9.70. The van der Waals surface area contributed by atoms with Crippen molar-refractivity contribution in [2.45, 2.75) is 11.7 Å². The van der Waals surface area contributed by atoms with Crippen LogP contribution in [0, 0.1) is 0 Å². The van der Waals surface area contributed by atoms with Crippen LogP contribution in [0.2, 0.25) is 0 Å². The van der Waals surface area contributed by atoms with Crippen LogP contribution in [0.25, 0.3) is 0 Å². The van der Waals surface area contributed by atoms with E-state index in [0.717, 1.165) is 0 Å². The highest BCUT2D eigenvalue weighted by atomic mass is 32.2. The number of amides is 2. The summed E-state index contributed by atoms with van der Waals surface area (Å²) >= 11 is 1.41. The highest BCUT2D eigenvalue weighted by Gasteiger charge is 2.39. The Kier molecular flexibility index (Phi) is 3.88. The normalized spacial score (nSPS) is 19.6. The van der Waals surface area contributed by atoms with E-state index in [1.807, 2.05) is 0 Å². The van der Waals surface area contributed by atoms with Crippen LogP contribution in [-0.4, -0.2) is 34.5 Å². The molecule has 6 heteroatoms. The average molecular weight is 266 g/mol. The molecule has 0 aromatic heterocycles. The Labute approximate surface area is 109 Å². The number of imide groups is 1. The second-order valence-corrected chi connectivity index (χ2v) is 5.25. The second kappa shape index (κ2) is 5.41. The number of carbonyl (C=O) groups is 2. The zero-order chi connectivity index (χ0) is 13.1. The molecule has 1 aliphatic rings. The minimum Gasteiger partial charge on any atom is -0.508 e. The Bertz CT molecular complexity index is 461. The van der Waals surface area contributed by atoms with E-state index in [2.05, 4.69) is 0 Å². The Hall–Kier alpha value is -1.53. The van der Waals surface area contributed by atoms with Gasteiger partial charge in [-0.3, -0.25) is 9.59 Å². The summed E-state index contributed by atoms with van der Waals surface area (Å²) in [6, 6.07) is 6.02. The molecular weight excluding hydrogens is 252 g/mol. The van der Waals surface area contributed by atoms with Crippen LogP contribution >= 0.6 is 11.8 Å². The van der Waals surface area contributed by atoms with E-state index in [4.69, 9.17) is 5.73 Å². The molecule has 1 aliphatic heterocycles. The Morgan fingerprint density at radius 2 is 2.00 bits per heavy atom. The first-order chi connectivity index (χ1) is 8.63. The van der Waals surface area contributed by atoms with Gasteiger partial charge in [-0.05, 0) is 24.3 Å². The molecule has 5 nitrogen and oxygen atoms in total. The number of phenolic OH excluding ortho intramolecular Hbond substituents is 1. The van der Waals surface area contributed by atoms with E-state index < -0.39 is 0 Å². The maximum absolute atomic E-state index is 12.1. The molecule has 1 saturated heterocycles. The summed E-state index contributed by atoms with van der Waals surface area (Å²) in [6.07, 6.45) is 0.213. The highest BCUT2D eigenvalue weighted by Crippen LogP contribution is 2.30. The second-order valence-electron chi connectivity index (χ2n) is 3.94. The standard InChI is InChI=1S/C12H14N2O3S/c13-5-6-18-10-7-11(16)14(12(10)17)8-1-3-9(15)4-2-8/h1-4,10,15H,5-7,13H2. The summed E-state index contributed by atoms with van der Waals surface area (Å²) in [5, 5.41) is 8.85. The maximum atomic E-state index is 12.1. The highest BCUT2D eigenvalue weighted by molar-refractivity contribution is 8.00. The number of phenols is 1. The molecule has 1 fully saturated rings. The molecule has 1 aromatic rings. The van der Waals surface area contributed by atoms with Gasteiger partial charge in [-0.25, -0.2) is 4.90 Å². The number of rotatable bonds is 4. The number of anilines is 1. The maximum Gasteiger partial charge on any atom is 0.247 e. The van der Waals surface area contributed by atoms with Crippen LogP contribution < -0.4 is 10.6 Å². The Morgan fingerprint density at radius 3 is 2.61 bits per heavy atom. The van der Waals surface area contributed by atoms with Crippen molar-refractivity contribution in [3.8, 4) is 5.75 Å². The van der Waals surface area contributed by atoms with Gasteiger partial charge in [0.05, 0.1) is 10.9 Å². The molecule has 2 rings (SSSR count). The minimum atomic E-state index is -0.338. The van der Waals surface area contributed by atoms with Crippen LogP contribution in [0.1, 0.15) is 6.42 Å². The van der Waals surface area contributed by atoms with Gasteiger partial charge in [0.25, 0.3) is 0 Å². The number of aromatic hydroxyl groups is 1. The lowest BCUT2D eigenvalue weighted by Crippen LogP contribution is -2.31. The molecule has 1 unspecified atom stereocenters. The monoisotopic (exact) mass is 266 g/mol. The van der Waals surface area contributed by atoms with Crippen LogP contribution in [0.3, 0.4) is 0 Å². The average Bonchev–Trinajstić information content (AvgIpc) is 2.63. The van der Waals surface area contributed by atoms with Crippen molar-refractivity contribution < 1.29 is 14.7 Å². The first-order valence-corrected chi connectivity index (χ1v) is 6.66.